The van der Waals surface area contributed by atoms with Crippen molar-refractivity contribution in [2.75, 3.05) is 46.3 Å². The van der Waals surface area contributed by atoms with Gasteiger partial charge in [0.1, 0.15) is 0 Å². The molecule has 1 aromatic carbocycles. The minimum absolute atomic E-state index is 0.438. The Bertz CT molecular complexity index is 393. The Morgan fingerprint density at radius 2 is 1.76 bits per heavy atom. The molecule has 1 fully saturated rings. The Kier molecular flexibility index (Phi) is 6.68. The first-order valence-electron chi connectivity index (χ1n) is 8.42. The number of hydrogen-bond acceptors (Lipinski definition) is 3. The van der Waals surface area contributed by atoms with Gasteiger partial charge in [0.05, 0.1) is 0 Å². The van der Waals surface area contributed by atoms with Crippen molar-refractivity contribution >= 4 is 0 Å². The summed E-state index contributed by atoms with van der Waals surface area (Å²) in [5, 5.41) is 3.65. The zero-order valence-corrected chi connectivity index (χ0v) is 13.9. The van der Waals surface area contributed by atoms with Crippen LogP contribution in [0.15, 0.2) is 24.3 Å². The molecule has 0 aromatic heterocycles. The maximum atomic E-state index is 3.65. The second-order valence-electron chi connectivity index (χ2n) is 6.31. The summed E-state index contributed by atoms with van der Waals surface area (Å²) in [6.45, 7) is 11.5. The Balaban J connectivity index is 1.70. The van der Waals surface area contributed by atoms with E-state index in [9.17, 15) is 0 Å². The zero-order valence-electron chi connectivity index (χ0n) is 13.9. The number of piperazine rings is 1. The van der Waals surface area contributed by atoms with Crippen LogP contribution < -0.4 is 5.32 Å². The predicted molar refractivity (Wildman–Crippen MR) is 90.8 cm³/mol. The lowest BCUT2D eigenvalue weighted by molar-refractivity contribution is 0.154. The highest BCUT2D eigenvalue weighted by Gasteiger charge is 2.13. The number of nitrogens with zero attached hydrogens (tertiary/aromatic N) is 2. The Labute approximate surface area is 130 Å². The van der Waals surface area contributed by atoms with Crippen molar-refractivity contribution in [3.8, 4) is 0 Å². The van der Waals surface area contributed by atoms with E-state index < -0.39 is 0 Å². The first-order chi connectivity index (χ1) is 10.2. The number of benzene rings is 1. The number of likely N-dealkylation sites (N-methyl/N-ethyl adjacent to an activating group) is 1. The summed E-state index contributed by atoms with van der Waals surface area (Å²) < 4.78 is 0. The molecule has 2 rings (SSSR count). The molecule has 1 aliphatic rings. The van der Waals surface area contributed by atoms with Crippen LogP contribution in [-0.2, 0) is 6.42 Å². The normalized spacial score (nSPS) is 18.8. The average Bonchev–Trinajstić information content (AvgIpc) is 2.50. The fourth-order valence-corrected chi connectivity index (χ4v) is 2.89. The Morgan fingerprint density at radius 1 is 1.10 bits per heavy atom. The molecular formula is C18H31N3. The summed E-state index contributed by atoms with van der Waals surface area (Å²) >= 11 is 0. The maximum Gasteiger partial charge on any atom is 0.0292 e. The second-order valence-corrected chi connectivity index (χ2v) is 6.31. The molecule has 0 bridgehead atoms. The van der Waals surface area contributed by atoms with Gasteiger partial charge >= 0.3 is 0 Å². The number of aryl methyl sites for hydroxylation is 1. The van der Waals surface area contributed by atoms with E-state index in [1.54, 1.807) is 0 Å². The summed E-state index contributed by atoms with van der Waals surface area (Å²) in [5.41, 5.74) is 2.85. The van der Waals surface area contributed by atoms with E-state index in [1.807, 2.05) is 0 Å². The summed E-state index contributed by atoms with van der Waals surface area (Å²) in [7, 11) is 2.21. The quantitative estimate of drug-likeness (QED) is 0.832. The van der Waals surface area contributed by atoms with Gasteiger partial charge in [-0.05, 0) is 31.5 Å². The van der Waals surface area contributed by atoms with E-state index in [0.717, 1.165) is 13.1 Å². The monoisotopic (exact) mass is 289 g/mol. The first kappa shape index (κ1) is 16.5. The summed E-state index contributed by atoms with van der Waals surface area (Å²) in [4.78, 5) is 4.97. The lowest BCUT2D eigenvalue weighted by Gasteiger charge is -2.32. The number of hydrogen-bond donors (Lipinski definition) is 1. The zero-order chi connectivity index (χ0) is 15.1. The van der Waals surface area contributed by atoms with Gasteiger partial charge in [-0.2, -0.15) is 0 Å². The van der Waals surface area contributed by atoms with Crippen molar-refractivity contribution < 1.29 is 0 Å². The largest absolute Gasteiger partial charge is 0.309 e. The molecule has 118 valence electrons. The van der Waals surface area contributed by atoms with Crippen molar-refractivity contribution in [3.63, 3.8) is 0 Å². The van der Waals surface area contributed by atoms with Gasteiger partial charge in [-0.25, -0.2) is 0 Å². The van der Waals surface area contributed by atoms with Crippen LogP contribution in [-0.4, -0.2) is 56.1 Å². The van der Waals surface area contributed by atoms with Gasteiger partial charge in [0.15, 0.2) is 0 Å². The molecule has 21 heavy (non-hydrogen) atoms. The molecule has 0 radical (unpaired) electrons. The third kappa shape index (κ3) is 5.42. The summed E-state index contributed by atoms with van der Waals surface area (Å²) in [5.74, 6) is 0. The molecule has 1 aromatic rings. The lowest BCUT2D eigenvalue weighted by Crippen LogP contribution is -2.46. The van der Waals surface area contributed by atoms with E-state index in [1.165, 1.54) is 50.1 Å². The van der Waals surface area contributed by atoms with Crippen LogP contribution in [0, 0.1) is 0 Å². The molecule has 3 nitrogen and oxygen atoms in total. The molecule has 3 heteroatoms. The third-order valence-electron chi connectivity index (χ3n) is 4.49. The molecule has 1 heterocycles. The van der Waals surface area contributed by atoms with Crippen molar-refractivity contribution in [3.05, 3.63) is 35.4 Å². The molecule has 1 saturated heterocycles. The number of rotatable bonds is 7. The van der Waals surface area contributed by atoms with Crippen molar-refractivity contribution in [1.29, 1.82) is 0 Å². The van der Waals surface area contributed by atoms with E-state index in [-0.39, 0.29) is 0 Å². The molecule has 0 aliphatic carbocycles. The van der Waals surface area contributed by atoms with Gasteiger partial charge in [-0.3, -0.25) is 4.90 Å². The van der Waals surface area contributed by atoms with Crippen molar-refractivity contribution in [1.82, 2.24) is 15.1 Å². The van der Waals surface area contributed by atoms with E-state index in [4.69, 9.17) is 0 Å². The molecule has 0 spiro atoms. The minimum Gasteiger partial charge on any atom is -0.309 e. The van der Waals surface area contributed by atoms with Crippen molar-refractivity contribution in [2.45, 2.75) is 32.7 Å². The van der Waals surface area contributed by atoms with Crippen molar-refractivity contribution in [2.24, 2.45) is 0 Å². The molecule has 1 N–H and O–H groups in total. The highest BCUT2D eigenvalue weighted by Crippen LogP contribution is 2.14. The second kappa shape index (κ2) is 8.52. The number of nitrogens with one attached hydrogen (secondary N) is 1. The molecule has 0 amide bonds. The van der Waals surface area contributed by atoms with Crippen LogP contribution >= 0.6 is 0 Å². The maximum absolute atomic E-state index is 3.65. The van der Waals surface area contributed by atoms with Crippen LogP contribution in [0.5, 0.6) is 0 Å². The Morgan fingerprint density at radius 3 is 2.38 bits per heavy atom. The predicted octanol–water partition coefficient (Wildman–Crippen LogP) is 2.54. The molecule has 1 aliphatic heterocycles. The SMILES string of the molecule is CCCc1ccc(C(C)NCCN2CCN(C)CC2)cc1. The van der Waals surface area contributed by atoms with Crippen LogP contribution in [0.4, 0.5) is 0 Å². The summed E-state index contributed by atoms with van der Waals surface area (Å²) in [6, 6.07) is 9.54. The van der Waals surface area contributed by atoms with Crippen LogP contribution in [0.25, 0.3) is 0 Å². The minimum atomic E-state index is 0.438. The third-order valence-corrected chi connectivity index (χ3v) is 4.49. The Hall–Kier alpha value is -0.900. The molecular weight excluding hydrogens is 258 g/mol. The van der Waals surface area contributed by atoms with Gasteiger partial charge in [0, 0.05) is 45.3 Å². The van der Waals surface area contributed by atoms with Crippen LogP contribution in [0.3, 0.4) is 0 Å². The fraction of sp³-hybridized carbons (Fsp3) is 0.667. The van der Waals surface area contributed by atoms with Gasteiger partial charge in [0.2, 0.25) is 0 Å². The lowest BCUT2D eigenvalue weighted by atomic mass is 10.0. The van der Waals surface area contributed by atoms with Gasteiger partial charge < -0.3 is 10.2 Å². The van der Waals surface area contributed by atoms with Gasteiger partial charge in [0.25, 0.3) is 0 Å². The molecule has 1 atom stereocenters. The first-order valence-corrected chi connectivity index (χ1v) is 8.42. The van der Waals surface area contributed by atoms with Gasteiger partial charge in [-0.15, -0.1) is 0 Å². The van der Waals surface area contributed by atoms with Crippen LogP contribution in [0.2, 0.25) is 0 Å². The van der Waals surface area contributed by atoms with E-state index in [2.05, 4.69) is 60.3 Å². The standard InChI is InChI=1S/C18H31N3/c1-4-5-17-6-8-18(9-7-17)16(2)19-10-11-21-14-12-20(3)13-15-21/h6-9,16,19H,4-5,10-15H2,1-3H3. The molecule has 0 saturated carbocycles. The fourth-order valence-electron chi connectivity index (χ4n) is 2.89. The topological polar surface area (TPSA) is 18.5 Å². The highest BCUT2D eigenvalue weighted by atomic mass is 15.2. The molecule has 1 unspecified atom stereocenters. The average molecular weight is 289 g/mol. The van der Waals surface area contributed by atoms with Gasteiger partial charge in [-0.1, -0.05) is 37.6 Å². The highest BCUT2D eigenvalue weighted by molar-refractivity contribution is 5.24. The van der Waals surface area contributed by atoms with E-state index in [0.29, 0.717) is 6.04 Å². The van der Waals surface area contributed by atoms with Crippen LogP contribution in [0.1, 0.15) is 37.4 Å². The smallest absolute Gasteiger partial charge is 0.0292 e. The van der Waals surface area contributed by atoms with E-state index >= 15 is 0 Å². The summed E-state index contributed by atoms with van der Waals surface area (Å²) in [6.07, 6.45) is 2.41.